The third-order valence-corrected chi connectivity index (χ3v) is 4.90. The van der Waals surface area contributed by atoms with Crippen molar-refractivity contribution in [1.29, 1.82) is 0 Å². The molecule has 3 rings (SSSR count). The molecule has 1 fully saturated rings. The molecule has 1 aliphatic rings. The molecule has 2 aromatic rings. The van der Waals surface area contributed by atoms with Crippen molar-refractivity contribution in [2.24, 2.45) is 0 Å². The first kappa shape index (κ1) is 19.9. The van der Waals surface area contributed by atoms with E-state index in [0.29, 0.717) is 31.0 Å². The Morgan fingerprint density at radius 2 is 1.86 bits per heavy atom. The fourth-order valence-corrected chi connectivity index (χ4v) is 3.37. The van der Waals surface area contributed by atoms with Crippen molar-refractivity contribution in [1.82, 2.24) is 4.90 Å². The highest BCUT2D eigenvalue weighted by Gasteiger charge is 2.21. The zero-order chi connectivity index (χ0) is 19.9. The van der Waals surface area contributed by atoms with Gasteiger partial charge in [0.2, 0.25) is 5.91 Å². The predicted molar refractivity (Wildman–Crippen MR) is 108 cm³/mol. The molecule has 0 aromatic heterocycles. The Kier molecular flexibility index (Phi) is 6.71. The van der Waals surface area contributed by atoms with Gasteiger partial charge in [0.25, 0.3) is 0 Å². The van der Waals surface area contributed by atoms with Gasteiger partial charge in [-0.1, -0.05) is 29.8 Å². The van der Waals surface area contributed by atoms with Gasteiger partial charge in [-0.05, 0) is 30.7 Å². The van der Waals surface area contributed by atoms with Gasteiger partial charge in [0.15, 0.2) is 5.75 Å². The number of carbonyl (C=O) groups is 1. The van der Waals surface area contributed by atoms with Crippen LogP contribution in [-0.2, 0) is 4.79 Å². The quantitative estimate of drug-likeness (QED) is 0.399. The first-order valence-corrected chi connectivity index (χ1v) is 9.57. The Bertz CT molecular complexity index is 838. The second-order valence-corrected chi connectivity index (χ2v) is 6.96. The van der Waals surface area contributed by atoms with Crippen LogP contribution in [0.3, 0.4) is 0 Å². The lowest BCUT2D eigenvalue weighted by Gasteiger charge is -2.36. The number of rotatable bonds is 7. The molecule has 0 aliphatic carbocycles. The van der Waals surface area contributed by atoms with E-state index in [0.717, 1.165) is 18.8 Å². The van der Waals surface area contributed by atoms with E-state index in [1.54, 1.807) is 18.2 Å². The lowest BCUT2D eigenvalue weighted by molar-refractivity contribution is -0.385. The van der Waals surface area contributed by atoms with Crippen LogP contribution in [0.4, 0.5) is 11.4 Å². The number of ether oxygens (including phenoxy) is 1. The van der Waals surface area contributed by atoms with Crippen molar-refractivity contribution in [3.8, 4) is 5.75 Å². The smallest absolute Gasteiger partial charge is 0.310 e. The SMILES string of the molecule is O=C(CCCOc1ccccc1[N+](=O)[O-])N1CCN(c2cccc(Cl)c2)CC1. The number of nitrogens with zero attached hydrogens (tertiary/aromatic N) is 3. The number of benzene rings is 2. The van der Waals surface area contributed by atoms with Crippen LogP contribution < -0.4 is 9.64 Å². The molecule has 1 saturated heterocycles. The molecule has 1 heterocycles. The molecule has 0 unspecified atom stereocenters. The molecule has 0 saturated carbocycles. The van der Waals surface area contributed by atoms with Crippen LogP contribution in [-0.4, -0.2) is 48.5 Å². The minimum atomic E-state index is -0.472. The van der Waals surface area contributed by atoms with Crippen LogP contribution >= 0.6 is 11.6 Å². The van der Waals surface area contributed by atoms with Gasteiger partial charge < -0.3 is 14.5 Å². The molecule has 0 radical (unpaired) electrons. The maximum atomic E-state index is 12.4. The molecule has 0 N–H and O–H groups in total. The summed E-state index contributed by atoms with van der Waals surface area (Å²) >= 11 is 6.05. The van der Waals surface area contributed by atoms with Crippen LogP contribution in [0.2, 0.25) is 5.02 Å². The summed E-state index contributed by atoms with van der Waals surface area (Å²) in [6.07, 6.45) is 0.872. The molecule has 0 bridgehead atoms. The average molecular weight is 404 g/mol. The summed E-state index contributed by atoms with van der Waals surface area (Å²) in [5.74, 6) is 0.312. The van der Waals surface area contributed by atoms with Gasteiger partial charge in [-0.2, -0.15) is 0 Å². The van der Waals surface area contributed by atoms with Gasteiger partial charge in [-0.15, -0.1) is 0 Å². The van der Waals surface area contributed by atoms with E-state index in [1.807, 2.05) is 29.2 Å². The Balaban J connectivity index is 1.41. The fraction of sp³-hybridized carbons (Fsp3) is 0.350. The second-order valence-electron chi connectivity index (χ2n) is 6.52. The summed E-state index contributed by atoms with van der Waals surface area (Å²) < 4.78 is 5.49. The lowest BCUT2D eigenvalue weighted by atomic mass is 10.2. The summed E-state index contributed by atoms with van der Waals surface area (Å²) in [5, 5.41) is 11.7. The minimum Gasteiger partial charge on any atom is -0.487 e. The van der Waals surface area contributed by atoms with Crippen molar-refractivity contribution >= 4 is 28.9 Å². The van der Waals surface area contributed by atoms with Gasteiger partial charge in [0.1, 0.15) is 0 Å². The highest BCUT2D eigenvalue weighted by molar-refractivity contribution is 6.30. The van der Waals surface area contributed by atoms with E-state index in [9.17, 15) is 14.9 Å². The second kappa shape index (κ2) is 9.41. The maximum Gasteiger partial charge on any atom is 0.310 e. The highest BCUT2D eigenvalue weighted by Crippen LogP contribution is 2.26. The van der Waals surface area contributed by atoms with E-state index in [-0.39, 0.29) is 24.0 Å². The van der Waals surface area contributed by atoms with Crippen molar-refractivity contribution in [3.05, 3.63) is 63.7 Å². The number of carbonyl (C=O) groups excluding carboxylic acids is 1. The zero-order valence-corrected chi connectivity index (χ0v) is 16.2. The van der Waals surface area contributed by atoms with Crippen molar-refractivity contribution in [3.63, 3.8) is 0 Å². The monoisotopic (exact) mass is 403 g/mol. The third-order valence-electron chi connectivity index (χ3n) is 4.66. The van der Waals surface area contributed by atoms with E-state index in [1.165, 1.54) is 6.07 Å². The number of halogens is 1. The Labute approximate surface area is 168 Å². The fourth-order valence-electron chi connectivity index (χ4n) is 3.18. The third kappa shape index (κ3) is 5.13. The van der Waals surface area contributed by atoms with Crippen LogP contribution in [0.1, 0.15) is 12.8 Å². The first-order valence-electron chi connectivity index (χ1n) is 9.19. The molecular weight excluding hydrogens is 382 g/mol. The van der Waals surface area contributed by atoms with Crippen molar-refractivity contribution in [2.45, 2.75) is 12.8 Å². The number of hydrogen-bond acceptors (Lipinski definition) is 5. The zero-order valence-electron chi connectivity index (χ0n) is 15.4. The normalized spacial score (nSPS) is 14.0. The summed E-state index contributed by atoms with van der Waals surface area (Å²) in [6.45, 7) is 3.11. The number of nitro benzene ring substituents is 1. The number of hydrogen-bond donors (Lipinski definition) is 0. The number of para-hydroxylation sites is 2. The maximum absolute atomic E-state index is 12.4. The Hall–Kier alpha value is -2.80. The molecule has 2 aromatic carbocycles. The molecular formula is C20H22ClN3O4. The summed E-state index contributed by atoms with van der Waals surface area (Å²) in [5.41, 5.74) is 1.00. The molecule has 148 valence electrons. The standard InChI is InChI=1S/C20H22ClN3O4/c21-16-5-3-6-17(15-16)22-10-12-23(13-11-22)20(25)9-4-14-28-19-8-2-1-7-18(19)24(26)27/h1-3,5-8,15H,4,9-14H2. The molecule has 1 amide bonds. The van der Waals surface area contributed by atoms with E-state index in [4.69, 9.17) is 16.3 Å². The number of piperazine rings is 1. The van der Waals surface area contributed by atoms with E-state index in [2.05, 4.69) is 4.90 Å². The van der Waals surface area contributed by atoms with Crippen molar-refractivity contribution in [2.75, 3.05) is 37.7 Å². The molecule has 8 heteroatoms. The summed E-state index contributed by atoms with van der Waals surface area (Å²) in [7, 11) is 0. The molecule has 1 aliphatic heterocycles. The predicted octanol–water partition coefficient (Wildman–Crippen LogP) is 3.76. The van der Waals surface area contributed by atoms with Gasteiger partial charge in [0.05, 0.1) is 11.5 Å². The summed E-state index contributed by atoms with van der Waals surface area (Å²) in [6, 6.07) is 14.0. The minimum absolute atomic E-state index is 0.0639. The molecule has 0 atom stereocenters. The number of nitro groups is 1. The molecule has 7 nitrogen and oxygen atoms in total. The van der Waals surface area contributed by atoms with Crippen LogP contribution in [0.5, 0.6) is 5.75 Å². The topological polar surface area (TPSA) is 75.9 Å². The van der Waals surface area contributed by atoms with Crippen molar-refractivity contribution < 1.29 is 14.5 Å². The van der Waals surface area contributed by atoms with Gasteiger partial charge in [-0.25, -0.2) is 0 Å². The molecule has 28 heavy (non-hydrogen) atoms. The lowest BCUT2D eigenvalue weighted by Crippen LogP contribution is -2.48. The molecule has 0 spiro atoms. The largest absolute Gasteiger partial charge is 0.487 e. The Morgan fingerprint density at radius 3 is 2.57 bits per heavy atom. The number of amides is 1. The summed E-state index contributed by atoms with van der Waals surface area (Å²) in [4.78, 5) is 27.0. The van der Waals surface area contributed by atoms with Crippen LogP contribution in [0.15, 0.2) is 48.5 Å². The van der Waals surface area contributed by atoms with E-state index < -0.39 is 4.92 Å². The Morgan fingerprint density at radius 1 is 1.11 bits per heavy atom. The van der Waals surface area contributed by atoms with Crippen LogP contribution in [0.25, 0.3) is 0 Å². The number of anilines is 1. The van der Waals surface area contributed by atoms with Crippen LogP contribution in [0, 0.1) is 10.1 Å². The van der Waals surface area contributed by atoms with Gasteiger partial charge in [0, 0.05) is 49.4 Å². The first-order chi connectivity index (χ1) is 13.5. The van der Waals surface area contributed by atoms with Gasteiger partial charge >= 0.3 is 5.69 Å². The highest BCUT2D eigenvalue weighted by atomic mass is 35.5. The van der Waals surface area contributed by atoms with E-state index >= 15 is 0 Å². The average Bonchev–Trinajstić information content (AvgIpc) is 2.71. The van der Waals surface area contributed by atoms with Gasteiger partial charge in [-0.3, -0.25) is 14.9 Å².